The van der Waals surface area contributed by atoms with Crippen LogP contribution in [0.4, 0.5) is 5.69 Å². The molecule has 1 saturated heterocycles. The van der Waals surface area contributed by atoms with Crippen molar-refractivity contribution in [2.45, 2.75) is 17.7 Å². The molecule has 0 bridgehead atoms. The monoisotopic (exact) mass is 417 g/mol. The summed E-state index contributed by atoms with van der Waals surface area (Å²) in [5.41, 5.74) is 1.06. The quantitative estimate of drug-likeness (QED) is 0.685. The average Bonchev–Trinajstić information content (AvgIpc) is 3.06. The maximum atomic E-state index is 12.2. The third-order valence-corrected chi connectivity index (χ3v) is 7.57. The summed E-state index contributed by atoms with van der Waals surface area (Å²) in [6, 6.07) is 4.77. The van der Waals surface area contributed by atoms with Crippen molar-refractivity contribution in [3.05, 3.63) is 28.8 Å². The number of anilines is 1. The van der Waals surface area contributed by atoms with Crippen molar-refractivity contribution in [1.82, 2.24) is 5.32 Å². The Morgan fingerprint density at radius 3 is 2.96 bits per heavy atom. The number of hydrogen-bond donors (Lipinski definition) is 2. The number of amides is 1. The molecule has 7 nitrogen and oxygen atoms in total. The number of nitrogens with one attached hydrogen (secondary N) is 2. The highest BCUT2D eigenvalue weighted by Crippen LogP contribution is 2.35. The first-order valence-electron chi connectivity index (χ1n) is 8.16. The number of halogens is 1. The summed E-state index contributed by atoms with van der Waals surface area (Å²) in [5.74, 6) is 0.0483. The molecule has 1 aromatic carbocycles. The van der Waals surface area contributed by atoms with Crippen molar-refractivity contribution in [3.63, 3.8) is 0 Å². The van der Waals surface area contributed by atoms with Gasteiger partial charge in [0.05, 0.1) is 28.3 Å². The number of rotatable bonds is 6. The van der Waals surface area contributed by atoms with Crippen LogP contribution in [-0.4, -0.2) is 62.6 Å². The van der Waals surface area contributed by atoms with Crippen molar-refractivity contribution in [2.24, 2.45) is 4.99 Å². The molecule has 2 aliphatic heterocycles. The number of carbonyl (C=O) groups excluding carboxylic acids is 1. The van der Waals surface area contributed by atoms with E-state index in [0.717, 1.165) is 6.42 Å². The fourth-order valence-electron chi connectivity index (χ4n) is 2.81. The Labute approximate surface area is 161 Å². The van der Waals surface area contributed by atoms with Gasteiger partial charge in [-0.25, -0.2) is 8.42 Å². The summed E-state index contributed by atoms with van der Waals surface area (Å²) in [7, 11) is -1.37. The van der Waals surface area contributed by atoms with Crippen LogP contribution < -0.4 is 10.6 Å². The van der Waals surface area contributed by atoms with Gasteiger partial charge < -0.3 is 15.4 Å². The summed E-state index contributed by atoms with van der Waals surface area (Å²) in [5, 5.41) is 7.00. The van der Waals surface area contributed by atoms with E-state index in [1.54, 1.807) is 25.3 Å². The number of benzene rings is 1. The van der Waals surface area contributed by atoms with Gasteiger partial charge in [0.15, 0.2) is 15.0 Å². The zero-order valence-corrected chi connectivity index (χ0v) is 16.6. The van der Waals surface area contributed by atoms with Gasteiger partial charge in [-0.1, -0.05) is 23.4 Å². The third kappa shape index (κ3) is 4.70. The van der Waals surface area contributed by atoms with Crippen LogP contribution in [0.5, 0.6) is 0 Å². The minimum atomic E-state index is -2.98. The lowest BCUT2D eigenvalue weighted by Crippen LogP contribution is -2.25. The SMILES string of the molecule is COCCCNC(=O)c1ccc(Cl)c(NC2=N[C@@H]3CS(=O)(=O)C[C@H]3S2)c1. The Bertz CT molecular complexity index is 829. The molecular weight excluding hydrogens is 398 g/mol. The molecule has 10 heteroatoms. The Morgan fingerprint density at radius 1 is 1.42 bits per heavy atom. The number of fused-ring (bicyclic) bond motifs is 1. The molecule has 1 aromatic rings. The van der Waals surface area contributed by atoms with Crippen molar-refractivity contribution in [1.29, 1.82) is 0 Å². The number of hydrogen-bond acceptors (Lipinski definition) is 7. The molecule has 1 fully saturated rings. The summed E-state index contributed by atoms with van der Waals surface area (Å²) in [6.45, 7) is 1.11. The van der Waals surface area contributed by atoms with Crippen LogP contribution in [0, 0.1) is 0 Å². The second kappa shape index (κ2) is 8.16. The van der Waals surface area contributed by atoms with E-state index in [0.29, 0.717) is 34.6 Å². The molecule has 0 aliphatic carbocycles. The number of amidine groups is 1. The number of ether oxygens (including phenoxy) is 1. The minimum Gasteiger partial charge on any atom is -0.385 e. The molecule has 2 N–H and O–H groups in total. The Kier molecular flexibility index (Phi) is 6.11. The zero-order valence-electron chi connectivity index (χ0n) is 14.2. The lowest BCUT2D eigenvalue weighted by molar-refractivity contribution is 0.0948. The molecule has 0 saturated carbocycles. The van der Waals surface area contributed by atoms with Gasteiger partial charge >= 0.3 is 0 Å². The van der Waals surface area contributed by atoms with Crippen LogP contribution in [-0.2, 0) is 14.6 Å². The van der Waals surface area contributed by atoms with Gasteiger partial charge in [0.1, 0.15) is 0 Å². The van der Waals surface area contributed by atoms with E-state index in [2.05, 4.69) is 15.6 Å². The largest absolute Gasteiger partial charge is 0.385 e. The third-order valence-electron chi connectivity index (χ3n) is 4.10. The molecule has 3 rings (SSSR count). The van der Waals surface area contributed by atoms with Gasteiger partial charge in [-0.2, -0.15) is 0 Å². The normalized spacial score (nSPS) is 23.4. The molecular formula is C16H20ClN3O4S2. The number of carbonyl (C=O) groups is 1. The Morgan fingerprint density at radius 2 is 2.23 bits per heavy atom. The Hall–Kier alpha value is -1.29. The van der Waals surface area contributed by atoms with Gasteiger partial charge in [0.25, 0.3) is 5.91 Å². The van der Waals surface area contributed by atoms with Crippen molar-refractivity contribution < 1.29 is 17.9 Å². The average molecular weight is 418 g/mol. The molecule has 0 unspecified atom stereocenters. The lowest BCUT2D eigenvalue weighted by atomic mass is 10.2. The maximum absolute atomic E-state index is 12.2. The van der Waals surface area contributed by atoms with Crippen LogP contribution in [0.2, 0.25) is 5.02 Å². The highest BCUT2D eigenvalue weighted by atomic mass is 35.5. The second-order valence-corrected chi connectivity index (χ2v) is 9.95. The highest BCUT2D eigenvalue weighted by molar-refractivity contribution is 8.15. The van der Waals surface area contributed by atoms with Crippen molar-refractivity contribution in [2.75, 3.05) is 37.1 Å². The summed E-state index contributed by atoms with van der Waals surface area (Å²) < 4.78 is 28.2. The molecule has 2 aliphatic rings. The van der Waals surface area contributed by atoms with Crippen LogP contribution in [0.3, 0.4) is 0 Å². The fourth-order valence-corrected chi connectivity index (χ4v) is 6.65. The summed E-state index contributed by atoms with van der Waals surface area (Å²) in [4.78, 5) is 16.7. The molecule has 2 heterocycles. The van der Waals surface area contributed by atoms with Crippen LogP contribution in [0.25, 0.3) is 0 Å². The fraction of sp³-hybridized carbons (Fsp3) is 0.500. The van der Waals surface area contributed by atoms with E-state index in [9.17, 15) is 13.2 Å². The topological polar surface area (TPSA) is 96.9 Å². The second-order valence-electron chi connectivity index (χ2n) is 6.16. The number of nitrogens with zero attached hydrogens (tertiary/aromatic N) is 1. The van der Waals surface area contributed by atoms with E-state index in [1.165, 1.54) is 11.8 Å². The zero-order chi connectivity index (χ0) is 18.7. The van der Waals surface area contributed by atoms with Crippen LogP contribution >= 0.6 is 23.4 Å². The molecule has 26 heavy (non-hydrogen) atoms. The van der Waals surface area contributed by atoms with Gasteiger partial charge in [0.2, 0.25) is 0 Å². The number of methoxy groups -OCH3 is 1. The highest BCUT2D eigenvalue weighted by Gasteiger charge is 2.42. The summed E-state index contributed by atoms with van der Waals surface area (Å²) in [6.07, 6.45) is 0.736. The van der Waals surface area contributed by atoms with E-state index >= 15 is 0 Å². The smallest absolute Gasteiger partial charge is 0.251 e. The van der Waals surface area contributed by atoms with E-state index in [-0.39, 0.29) is 28.7 Å². The summed E-state index contributed by atoms with van der Waals surface area (Å²) >= 11 is 7.63. The number of thioether (sulfide) groups is 1. The molecule has 0 radical (unpaired) electrons. The maximum Gasteiger partial charge on any atom is 0.251 e. The van der Waals surface area contributed by atoms with E-state index in [4.69, 9.17) is 16.3 Å². The first-order chi connectivity index (χ1) is 12.4. The Balaban J connectivity index is 1.65. The van der Waals surface area contributed by atoms with Crippen LogP contribution in [0.15, 0.2) is 23.2 Å². The first kappa shape index (κ1) is 19.5. The van der Waals surface area contributed by atoms with E-state index < -0.39 is 9.84 Å². The predicted octanol–water partition coefficient (Wildman–Crippen LogP) is 1.79. The van der Waals surface area contributed by atoms with Gasteiger partial charge in [-0.15, -0.1) is 0 Å². The van der Waals surface area contributed by atoms with Crippen molar-refractivity contribution >= 4 is 50.0 Å². The van der Waals surface area contributed by atoms with E-state index in [1.807, 2.05) is 0 Å². The molecule has 1 amide bonds. The molecule has 2 atom stereocenters. The van der Waals surface area contributed by atoms with Crippen molar-refractivity contribution in [3.8, 4) is 0 Å². The first-order valence-corrected chi connectivity index (χ1v) is 11.2. The standard InChI is InChI=1S/C16H20ClN3O4S2/c1-24-6-2-5-18-15(21)10-3-4-11(17)12(7-10)19-16-20-13-8-26(22,23)9-14(13)25-16/h3-4,7,13-14H,2,5-6,8-9H2,1H3,(H,18,21)(H,19,20)/t13-,14-/m1/s1. The van der Waals surface area contributed by atoms with Gasteiger partial charge in [0, 0.05) is 31.1 Å². The molecule has 0 spiro atoms. The van der Waals surface area contributed by atoms with Crippen LogP contribution in [0.1, 0.15) is 16.8 Å². The predicted molar refractivity (Wildman–Crippen MR) is 105 cm³/mol. The van der Waals surface area contributed by atoms with Gasteiger partial charge in [-0.3, -0.25) is 9.79 Å². The minimum absolute atomic E-state index is 0.0476. The molecule has 142 valence electrons. The number of sulfone groups is 1. The lowest BCUT2D eigenvalue weighted by Gasteiger charge is -2.11. The number of aliphatic imine (C=N–C) groups is 1. The van der Waals surface area contributed by atoms with Gasteiger partial charge in [-0.05, 0) is 24.6 Å². The molecule has 0 aromatic heterocycles.